The summed E-state index contributed by atoms with van der Waals surface area (Å²) < 4.78 is 5.01. The van der Waals surface area contributed by atoms with Crippen LogP contribution in [0.3, 0.4) is 0 Å². The normalized spacial score (nSPS) is 18.3. The third kappa shape index (κ3) is 2.48. The zero-order chi connectivity index (χ0) is 14.0. The van der Waals surface area contributed by atoms with E-state index in [2.05, 4.69) is 0 Å². The number of carbonyl (C=O) groups excluding carboxylic acids is 2. The molecule has 0 aromatic heterocycles. The molecule has 0 bridgehead atoms. The van der Waals surface area contributed by atoms with Crippen LogP contribution >= 0.6 is 0 Å². The van der Waals surface area contributed by atoms with Gasteiger partial charge in [-0.25, -0.2) is 4.79 Å². The van der Waals surface area contributed by atoms with E-state index in [4.69, 9.17) is 4.74 Å². The summed E-state index contributed by atoms with van der Waals surface area (Å²) in [6.07, 6.45) is 0.940. The number of amides is 1. The van der Waals surface area contributed by atoms with Crippen molar-refractivity contribution in [1.82, 2.24) is 0 Å². The minimum Gasteiger partial charge on any atom is -0.464 e. The van der Waals surface area contributed by atoms with E-state index in [1.54, 1.807) is 4.90 Å². The Hall–Kier alpha value is -1.84. The van der Waals surface area contributed by atoms with E-state index in [1.165, 1.54) is 0 Å². The summed E-state index contributed by atoms with van der Waals surface area (Å²) in [5, 5.41) is 0. The molecule has 4 heteroatoms. The van der Waals surface area contributed by atoms with Crippen molar-refractivity contribution in [2.75, 3.05) is 11.5 Å². The number of hydrogen-bond acceptors (Lipinski definition) is 3. The molecule has 102 valence electrons. The standard InChI is InChI=1S/C15H19NO3/c1-4-13(17)16(12-8-9-19-15(12)18)14-10(2)6-5-7-11(14)3/h5-7,12H,4,8-9H2,1-3H3. The van der Waals surface area contributed by atoms with E-state index in [9.17, 15) is 9.59 Å². The van der Waals surface area contributed by atoms with Gasteiger partial charge in [-0.1, -0.05) is 25.1 Å². The first-order valence-corrected chi connectivity index (χ1v) is 6.61. The maximum Gasteiger partial charge on any atom is 0.329 e. The second-order valence-corrected chi connectivity index (χ2v) is 4.83. The third-order valence-electron chi connectivity index (χ3n) is 3.47. The molecule has 4 nitrogen and oxygen atoms in total. The summed E-state index contributed by atoms with van der Waals surface area (Å²) in [7, 11) is 0. The molecule has 1 saturated heterocycles. The number of cyclic esters (lactones) is 1. The molecule has 1 aliphatic heterocycles. The van der Waals surface area contributed by atoms with Gasteiger partial charge < -0.3 is 4.74 Å². The molecule has 1 atom stereocenters. The van der Waals surface area contributed by atoms with Crippen molar-refractivity contribution in [3.63, 3.8) is 0 Å². The van der Waals surface area contributed by atoms with Gasteiger partial charge >= 0.3 is 5.97 Å². The highest BCUT2D eigenvalue weighted by Gasteiger charge is 2.36. The van der Waals surface area contributed by atoms with Crippen molar-refractivity contribution in [3.05, 3.63) is 29.3 Å². The molecular formula is C15H19NO3. The van der Waals surface area contributed by atoms with Gasteiger partial charge in [-0.05, 0) is 25.0 Å². The van der Waals surface area contributed by atoms with Gasteiger partial charge in [0.2, 0.25) is 5.91 Å². The summed E-state index contributed by atoms with van der Waals surface area (Å²) in [4.78, 5) is 25.7. The number of aryl methyl sites for hydroxylation is 2. The number of esters is 1. The number of nitrogens with zero attached hydrogens (tertiary/aromatic N) is 1. The SMILES string of the molecule is CCC(=O)N(c1c(C)cccc1C)C1CCOC1=O. The van der Waals surface area contributed by atoms with E-state index < -0.39 is 6.04 Å². The quantitative estimate of drug-likeness (QED) is 0.785. The van der Waals surface area contributed by atoms with Crippen molar-refractivity contribution < 1.29 is 14.3 Å². The number of rotatable bonds is 3. The van der Waals surface area contributed by atoms with Crippen LogP contribution < -0.4 is 4.90 Å². The van der Waals surface area contributed by atoms with Gasteiger partial charge in [-0.2, -0.15) is 0 Å². The van der Waals surface area contributed by atoms with E-state index in [1.807, 2.05) is 39.0 Å². The van der Waals surface area contributed by atoms with E-state index >= 15 is 0 Å². The number of hydrogen-bond donors (Lipinski definition) is 0. The fourth-order valence-corrected chi connectivity index (χ4v) is 2.53. The molecule has 2 rings (SSSR count). The monoisotopic (exact) mass is 261 g/mol. The van der Waals surface area contributed by atoms with Gasteiger partial charge in [0, 0.05) is 12.8 Å². The van der Waals surface area contributed by atoms with Crippen LogP contribution in [0.5, 0.6) is 0 Å². The predicted octanol–water partition coefficient (Wildman–Crippen LogP) is 2.36. The smallest absolute Gasteiger partial charge is 0.329 e. The molecular weight excluding hydrogens is 242 g/mol. The number of carbonyl (C=O) groups is 2. The molecule has 0 aliphatic carbocycles. The number of para-hydroxylation sites is 1. The third-order valence-corrected chi connectivity index (χ3v) is 3.47. The molecule has 1 aliphatic rings. The maximum absolute atomic E-state index is 12.3. The number of ether oxygens (including phenoxy) is 1. The Labute approximate surface area is 113 Å². The van der Waals surface area contributed by atoms with Gasteiger partial charge in [-0.15, -0.1) is 0 Å². The van der Waals surface area contributed by atoms with Gasteiger partial charge in [0.15, 0.2) is 0 Å². The van der Waals surface area contributed by atoms with E-state index in [0.29, 0.717) is 19.4 Å². The molecule has 1 fully saturated rings. The molecule has 19 heavy (non-hydrogen) atoms. The number of anilines is 1. The summed E-state index contributed by atoms with van der Waals surface area (Å²) >= 11 is 0. The lowest BCUT2D eigenvalue weighted by atomic mass is 10.0. The highest BCUT2D eigenvalue weighted by atomic mass is 16.5. The maximum atomic E-state index is 12.3. The van der Waals surface area contributed by atoms with Crippen molar-refractivity contribution in [2.45, 2.75) is 39.7 Å². The molecule has 1 amide bonds. The zero-order valence-electron chi connectivity index (χ0n) is 11.6. The lowest BCUT2D eigenvalue weighted by molar-refractivity contribution is -0.140. The summed E-state index contributed by atoms with van der Waals surface area (Å²) in [5.41, 5.74) is 2.85. The van der Waals surface area contributed by atoms with Crippen LogP contribution in [0.25, 0.3) is 0 Å². The van der Waals surface area contributed by atoms with E-state index in [0.717, 1.165) is 16.8 Å². The summed E-state index contributed by atoms with van der Waals surface area (Å²) in [5.74, 6) is -0.342. The fourth-order valence-electron chi connectivity index (χ4n) is 2.53. The van der Waals surface area contributed by atoms with Gasteiger partial charge in [-0.3, -0.25) is 9.69 Å². The molecule has 1 unspecified atom stereocenters. The first-order chi connectivity index (χ1) is 9.06. The fraction of sp³-hybridized carbons (Fsp3) is 0.467. The summed E-state index contributed by atoms with van der Waals surface area (Å²) in [6.45, 7) is 6.11. The minimum atomic E-state index is -0.479. The predicted molar refractivity (Wildman–Crippen MR) is 73.1 cm³/mol. The first kappa shape index (κ1) is 13.6. The van der Waals surface area contributed by atoms with Crippen molar-refractivity contribution in [1.29, 1.82) is 0 Å². The zero-order valence-corrected chi connectivity index (χ0v) is 11.6. The largest absolute Gasteiger partial charge is 0.464 e. The Balaban J connectivity index is 2.49. The average Bonchev–Trinajstić information content (AvgIpc) is 2.79. The van der Waals surface area contributed by atoms with Crippen molar-refractivity contribution >= 4 is 17.6 Å². The molecule has 1 heterocycles. The minimum absolute atomic E-state index is 0.0405. The van der Waals surface area contributed by atoms with Crippen molar-refractivity contribution in [2.24, 2.45) is 0 Å². The van der Waals surface area contributed by atoms with Crippen LogP contribution in [0.4, 0.5) is 5.69 Å². The van der Waals surface area contributed by atoms with Crippen molar-refractivity contribution in [3.8, 4) is 0 Å². The van der Waals surface area contributed by atoms with Crippen LogP contribution in [0, 0.1) is 13.8 Å². The van der Waals surface area contributed by atoms with E-state index in [-0.39, 0.29) is 11.9 Å². The molecule has 0 saturated carbocycles. The molecule has 1 aromatic carbocycles. The lowest BCUT2D eigenvalue weighted by Gasteiger charge is -2.29. The topological polar surface area (TPSA) is 46.6 Å². The molecule has 0 radical (unpaired) electrons. The van der Waals surface area contributed by atoms with Crippen LogP contribution in [0.2, 0.25) is 0 Å². The second kappa shape index (κ2) is 5.43. The lowest BCUT2D eigenvalue weighted by Crippen LogP contribution is -2.43. The Kier molecular flexibility index (Phi) is 3.88. The van der Waals surface area contributed by atoms with Gasteiger partial charge in [0.1, 0.15) is 6.04 Å². The van der Waals surface area contributed by atoms with Gasteiger partial charge in [0.25, 0.3) is 0 Å². The molecule has 0 N–H and O–H groups in total. The second-order valence-electron chi connectivity index (χ2n) is 4.83. The van der Waals surface area contributed by atoms with Crippen LogP contribution in [-0.4, -0.2) is 24.5 Å². The summed E-state index contributed by atoms with van der Waals surface area (Å²) in [6, 6.07) is 5.39. The Bertz CT molecular complexity index is 490. The highest BCUT2D eigenvalue weighted by molar-refractivity contribution is 6.01. The van der Waals surface area contributed by atoms with Crippen LogP contribution in [-0.2, 0) is 14.3 Å². The molecule has 1 aromatic rings. The average molecular weight is 261 g/mol. The molecule has 0 spiro atoms. The number of benzene rings is 1. The van der Waals surface area contributed by atoms with Gasteiger partial charge in [0.05, 0.1) is 12.3 Å². The highest BCUT2D eigenvalue weighted by Crippen LogP contribution is 2.30. The van der Waals surface area contributed by atoms with Crippen LogP contribution in [0.15, 0.2) is 18.2 Å². The Morgan fingerprint density at radius 3 is 2.47 bits per heavy atom. The first-order valence-electron chi connectivity index (χ1n) is 6.61. The Morgan fingerprint density at radius 2 is 2.00 bits per heavy atom. The van der Waals surface area contributed by atoms with Crippen LogP contribution in [0.1, 0.15) is 30.9 Å². The Morgan fingerprint density at radius 1 is 1.37 bits per heavy atom.